The van der Waals surface area contributed by atoms with E-state index in [2.05, 4.69) is 0 Å². The Morgan fingerprint density at radius 3 is 2.29 bits per heavy atom. The summed E-state index contributed by atoms with van der Waals surface area (Å²) in [5, 5.41) is 9.45. The molecule has 0 saturated heterocycles. The van der Waals surface area contributed by atoms with Crippen molar-refractivity contribution in [3.63, 3.8) is 0 Å². The molecule has 3 N–H and O–H groups in total. The SMILES string of the molecule is Cc1c(F)cc(C(O)CCN)cc1F. The topological polar surface area (TPSA) is 46.2 Å². The highest BCUT2D eigenvalue weighted by Crippen LogP contribution is 2.21. The van der Waals surface area contributed by atoms with Gasteiger partial charge in [-0.2, -0.15) is 0 Å². The van der Waals surface area contributed by atoms with Gasteiger partial charge in [0.05, 0.1) is 6.10 Å². The van der Waals surface area contributed by atoms with Crippen molar-refractivity contribution in [3.8, 4) is 0 Å². The van der Waals surface area contributed by atoms with Crippen molar-refractivity contribution >= 4 is 0 Å². The molecule has 1 unspecified atom stereocenters. The molecule has 1 atom stereocenters. The fourth-order valence-electron chi connectivity index (χ4n) is 1.18. The van der Waals surface area contributed by atoms with Crippen LogP contribution in [0.5, 0.6) is 0 Å². The zero-order valence-corrected chi connectivity index (χ0v) is 7.93. The molecular weight excluding hydrogens is 188 g/mol. The summed E-state index contributed by atoms with van der Waals surface area (Å²) in [5.74, 6) is -1.29. The lowest BCUT2D eigenvalue weighted by Gasteiger charge is -2.10. The molecule has 0 heterocycles. The van der Waals surface area contributed by atoms with Crippen LogP contribution in [0.25, 0.3) is 0 Å². The molecule has 0 spiro atoms. The molecule has 0 bridgehead atoms. The standard InChI is InChI=1S/C10H13F2NO/c1-6-8(11)4-7(5-9(6)12)10(14)2-3-13/h4-5,10,14H,2-3,13H2,1H3. The van der Waals surface area contributed by atoms with Gasteiger partial charge in [-0.05, 0) is 37.6 Å². The molecule has 0 radical (unpaired) electrons. The molecule has 0 fully saturated rings. The van der Waals surface area contributed by atoms with E-state index in [0.29, 0.717) is 6.42 Å². The molecule has 2 nitrogen and oxygen atoms in total. The van der Waals surface area contributed by atoms with Crippen molar-refractivity contribution in [2.75, 3.05) is 6.54 Å². The van der Waals surface area contributed by atoms with Gasteiger partial charge in [-0.15, -0.1) is 0 Å². The summed E-state index contributed by atoms with van der Waals surface area (Å²) in [6, 6.07) is 2.28. The summed E-state index contributed by atoms with van der Waals surface area (Å²) in [6.45, 7) is 1.63. The molecule has 1 aromatic rings. The van der Waals surface area contributed by atoms with Crippen LogP contribution in [0.3, 0.4) is 0 Å². The van der Waals surface area contributed by atoms with Gasteiger partial charge < -0.3 is 10.8 Å². The Labute approximate surface area is 81.4 Å². The molecule has 1 rings (SSSR count). The highest BCUT2D eigenvalue weighted by molar-refractivity contribution is 5.26. The Balaban J connectivity index is 3.00. The van der Waals surface area contributed by atoms with E-state index in [4.69, 9.17) is 5.73 Å². The number of benzene rings is 1. The lowest BCUT2D eigenvalue weighted by molar-refractivity contribution is 0.169. The first kappa shape index (κ1) is 11.1. The monoisotopic (exact) mass is 201 g/mol. The van der Waals surface area contributed by atoms with Crippen LogP contribution in [0.1, 0.15) is 23.7 Å². The number of hydrogen-bond acceptors (Lipinski definition) is 2. The quantitative estimate of drug-likeness (QED) is 0.781. The second-order valence-electron chi connectivity index (χ2n) is 3.20. The van der Waals surface area contributed by atoms with Crippen LogP contribution in [-0.4, -0.2) is 11.7 Å². The molecule has 4 heteroatoms. The van der Waals surface area contributed by atoms with Gasteiger partial charge in [0.2, 0.25) is 0 Å². The number of halogens is 2. The average Bonchev–Trinajstić information content (AvgIpc) is 2.13. The largest absolute Gasteiger partial charge is 0.388 e. The average molecular weight is 201 g/mol. The van der Waals surface area contributed by atoms with E-state index in [-0.39, 0.29) is 17.7 Å². The summed E-state index contributed by atoms with van der Waals surface area (Å²) in [7, 11) is 0. The smallest absolute Gasteiger partial charge is 0.129 e. The van der Waals surface area contributed by atoms with Crippen LogP contribution in [0.15, 0.2) is 12.1 Å². The second-order valence-corrected chi connectivity index (χ2v) is 3.20. The van der Waals surface area contributed by atoms with Crippen LogP contribution in [0.2, 0.25) is 0 Å². The summed E-state index contributed by atoms with van der Waals surface area (Å²) in [5.41, 5.74) is 5.42. The fourth-order valence-corrected chi connectivity index (χ4v) is 1.18. The highest BCUT2D eigenvalue weighted by atomic mass is 19.1. The normalized spacial score (nSPS) is 12.9. The third-order valence-corrected chi connectivity index (χ3v) is 2.13. The van der Waals surface area contributed by atoms with Gasteiger partial charge in [0.25, 0.3) is 0 Å². The van der Waals surface area contributed by atoms with Crippen LogP contribution in [0, 0.1) is 18.6 Å². The predicted molar refractivity (Wildman–Crippen MR) is 49.7 cm³/mol. The first-order valence-corrected chi connectivity index (χ1v) is 4.40. The summed E-state index contributed by atoms with van der Waals surface area (Å²) >= 11 is 0. The Kier molecular flexibility index (Phi) is 3.55. The zero-order valence-electron chi connectivity index (χ0n) is 7.93. The zero-order chi connectivity index (χ0) is 10.7. The van der Waals surface area contributed by atoms with Gasteiger partial charge in [0.15, 0.2) is 0 Å². The van der Waals surface area contributed by atoms with Crippen LogP contribution >= 0.6 is 0 Å². The molecule has 0 aliphatic carbocycles. The molecule has 14 heavy (non-hydrogen) atoms. The molecule has 0 amide bonds. The Morgan fingerprint density at radius 1 is 1.36 bits per heavy atom. The molecule has 0 aliphatic rings. The number of nitrogens with two attached hydrogens (primary N) is 1. The minimum Gasteiger partial charge on any atom is -0.388 e. The van der Waals surface area contributed by atoms with Gasteiger partial charge in [-0.25, -0.2) is 8.78 Å². The lowest BCUT2D eigenvalue weighted by atomic mass is 10.0. The highest BCUT2D eigenvalue weighted by Gasteiger charge is 2.12. The van der Waals surface area contributed by atoms with Crippen LogP contribution < -0.4 is 5.73 Å². The number of hydrogen-bond donors (Lipinski definition) is 2. The Hall–Kier alpha value is -1.00. The lowest BCUT2D eigenvalue weighted by Crippen LogP contribution is -2.07. The third kappa shape index (κ3) is 2.27. The second kappa shape index (κ2) is 4.48. The molecular formula is C10H13F2NO. The molecule has 0 saturated carbocycles. The minimum absolute atomic E-state index is 0.0336. The third-order valence-electron chi connectivity index (χ3n) is 2.13. The number of aliphatic hydroxyl groups excluding tert-OH is 1. The van der Waals surface area contributed by atoms with Crippen molar-refractivity contribution < 1.29 is 13.9 Å². The Morgan fingerprint density at radius 2 is 1.86 bits per heavy atom. The van der Waals surface area contributed by atoms with Crippen molar-refractivity contribution in [3.05, 3.63) is 34.9 Å². The van der Waals surface area contributed by atoms with Gasteiger partial charge in [0, 0.05) is 5.56 Å². The van der Waals surface area contributed by atoms with E-state index >= 15 is 0 Å². The van der Waals surface area contributed by atoms with Crippen LogP contribution in [-0.2, 0) is 0 Å². The molecule has 1 aromatic carbocycles. The maximum absolute atomic E-state index is 13.1. The van der Waals surface area contributed by atoms with Crippen molar-refractivity contribution in [2.24, 2.45) is 5.73 Å². The van der Waals surface area contributed by atoms with Gasteiger partial charge in [-0.1, -0.05) is 0 Å². The maximum atomic E-state index is 13.1. The van der Waals surface area contributed by atoms with E-state index in [1.807, 2.05) is 0 Å². The summed E-state index contributed by atoms with van der Waals surface area (Å²) in [4.78, 5) is 0. The number of aliphatic hydroxyl groups is 1. The van der Waals surface area contributed by atoms with Crippen molar-refractivity contribution in [1.82, 2.24) is 0 Å². The van der Waals surface area contributed by atoms with E-state index in [1.54, 1.807) is 0 Å². The minimum atomic E-state index is -0.899. The van der Waals surface area contributed by atoms with Crippen LogP contribution in [0.4, 0.5) is 8.78 Å². The first-order valence-electron chi connectivity index (χ1n) is 4.40. The van der Waals surface area contributed by atoms with E-state index < -0.39 is 17.7 Å². The molecule has 78 valence electrons. The summed E-state index contributed by atoms with van der Waals surface area (Å²) < 4.78 is 26.1. The molecule has 0 aromatic heterocycles. The molecule has 0 aliphatic heterocycles. The van der Waals surface area contributed by atoms with Crippen molar-refractivity contribution in [1.29, 1.82) is 0 Å². The first-order chi connectivity index (χ1) is 6.56. The Bertz CT molecular complexity index is 305. The van der Waals surface area contributed by atoms with Crippen molar-refractivity contribution in [2.45, 2.75) is 19.4 Å². The fraction of sp³-hybridized carbons (Fsp3) is 0.400. The van der Waals surface area contributed by atoms with E-state index in [9.17, 15) is 13.9 Å². The summed E-state index contributed by atoms with van der Waals surface area (Å²) in [6.07, 6.45) is -0.605. The van der Waals surface area contributed by atoms with Gasteiger partial charge in [-0.3, -0.25) is 0 Å². The predicted octanol–water partition coefficient (Wildman–Crippen LogP) is 1.66. The van der Waals surface area contributed by atoms with Gasteiger partial charge in [0.1, 0.15) is 11.6 Å². The number of rotatable bonds is 3. The van der Waals surface area contributed by atoms with E-state index in [1.165, 1.54) is 6.92 Å². The van der Waals surface area contributed by atoms with Gasteiger partial charge >= 0.3 is 0 Å². The van der Waals surface area contributed by atoms with E-state index in [0.717, 1.165) is 12.1 Å². The maximum Gasteiger partial charge on any atom is 0.129 e.